The number of fused-ring (bicyclic) bond motifs is 1. The fourth-order valence-corrected chi connectivity index (χ4v) is 2.69. The van der Waals surface area contributed by atoms with Gasteiger partial charge in [0.25, 0.3) is 0 Å². The van der Waals surface area contributed by atoms with Gasteiger partial charge in [-0.05, 0) is 12.8 Å². The highest BCUT2D eigenvalue weighted by molar-refractivity contribution is 5.80. The van der Waals surface area contributed by atoms with Crippen molar-refractivity contribution in [2.45, 2.75) is 12.8 Å². The normalized spacial score (nSPS) is 18.9. The fraction of sp³-hybridized carbons (Fsp3) is 0.538. The second-order valence-electron chi connectivity index (χ2n) is 5.18. The molecule has 8 heteroatoms. The van der Waals surface area contributed by atoms with E-state index in [1.165, 1.54) is 0 Å². The van der Waals surface area contributed by atoms with Gasteiger partial charge in [-0.25, -0.2) is 4.98 Å². The van der Waals surface area contributed by atoms with Gasteiger partial charge in [0, 0.05) is 38.6 Å². The first-order valence-electron chi connectivity index (χ1n) is 7.16. The van der Waals surface area contributed by atoms with E-state index in [1.807, 2.05) is 10.6 Å². The SMILES string of the molecule is NCCNC(=O)C1CCCN(c2nccn3cnnc23)C1. The quantitative estimate of drug-likeness (QED) is 0.780. The Labute approximate surface area is 122 Å². The van der Waals surface area contributed by atoms with Gasteiger partial charge in [0.05, 0.1) is 5.92 Å². The lowest BCUT2D eigenvalue weighted by atomic mass is 9.97. The topological polar surface area (TPSA) is 101 Å². The maximum absolute atomic E-state index is 12.1. The first-order valence-corrected chi connectivity index (χ1v) is 7.16. The van der Waals surface area contributed by atoms with Crippen LogP contribution in [0.15, 0.2) is 18.7 Å². The molecule has 0 saturated carbocycles. The van der Waals surface area contributed by atoms with Gasteiger partial charge >= 0.3 is 0 Å². The molecule has 1 atom stereocenters. The molecule has 2 aromatic rings. The Balaban J connectivity index is 1.77. The van der Waals surface area contributed by atoms with E-state index in [1.54, 1.807) is 12.5 Å². The van der Waals surface area contributed by atoms with Crippen molar-refractivity contribution < 1.29 is 4.79 Å². The molecule has 1 fully saturated rings. The van der Waals surface area contributed by atoms with Gasteiger partial charge in [-0.2, -0.15) is 0 Å². The highest BCUT2D eigenvalue weighted by Crippen LogP contribution is 2.24. The van der Waals surface area contributed by atoms with Gasteiger partial charge in [0.1, 0.15) is 6.33 Å². The summed E-state index contributed by atoms with van der Waals surface area (Å²) >= 11 is 0. The van der Waals surface area contributed by atoms with E-state index in [9.17, 15) is 4.79 Å². The number of aromatic nitrogens is 4. The van der Waals surface area contributed by atoms with Crippen LogP contribution in [0.1, 0.15) is 12.8 Å². The molecule has 112 valence electrons. The summed E-state index contributed by atoms with van der Waals surface area (Å²) in [7, 11) is 0. The molecule has 3 rings (SSSR count). The number of amides is 1. The average Bonchev–Trinajstić information content (AvgIpc) is 3.01. The van der Waals surface area contributed by atoms with E-state index >= 15 is 0 Å². The second kappa shape index (κ2) is 6.04. The van der Waals surface area contributed by atoms with Crippen LogP contribution in [0.5, 0.6) is 0 Å². The lowest BCUT2D eigenvalue weighted by molar-refractivity contribution is -0.125. The zero-order chi connectivity index (χ0) is 14.7. The Morgan fingerprint density at radius 1 is 1.52 bits per heavy atom. The smallest absolute Gasteiger partial charge is 0.224 e. The highest BCUT2D eigenvalue weighted by atomic mass is 16.1. The molecular weight excluding hydrogens is 270 g/mol. The van der Waals surface area contributed by atoms with Crippen molar-refractivity contribution >= 4 is 17.4 Å². The minimum atomic E-state index is -0.0322. The van der Waals surface area contributed by atoms with Crippen LogP contribution in [-0.2, 0) is 4.79 Å². The van der Waals surface area contributed by atoms with E-state index in [-0.39, 0.29) is 11.8 Å². The molecule has 0 aliphatic carbocycles. The summed E-state index contributed by atoms with van der Waals surface area (Å²) in [6.07, 6.45) is 7.04. The minimum absolute atomic E-state index is 0.0322. The number of nitrogens with two attached hydrogens (primary N) is 1. The molecule has 0 bridgehead atoms. The second-order valence-corrected chi connectivity index (χ2v) is 5.18. The first-order chi connectivity index (χ1) is 10.3. The van der Waals surface area contributed by atoms with Crippen LogP contribution in [0.4, 0.5) is 5.82 Å². The van der Waals surface area contributed by atoms with Crippen molar-refractivity contribution in [1.29, 1.82) is 0 Å². The number of anilines is 1. The summed E-state index contributed by atoms with van der Waals surface area (Å²) in [6.45, 7) is 2.51. The number of hydrogen-bond acceptors (Lipinski definition) is 6. The Kier molecular flexibility index (Phi) is 3.96. The molecule has 0 aromatic carbocycles. The van der Waals surface area contributed by atoms with Gasteiger partial charge in [-0.15, -0.1) is 10.2 Å². The molecular formula is C13H19N7O. The third-order valence-electron chi connectivity index (χ3n) is 3.73. The van der Waals surface area contributed by atoms with Crippen LogP contribution in [0.25, 0.3) is 5.65 Å². The molecule has 1 unspecified atom stereocenters. The highest BCUT2D eigenvalue weighted by Gasteiger charge is 2.27. The molecule has 3 heterocycles. The number of carbonyl (C=O) groups is 1. The van der Waals surface area contributed by atoms with E-state index in [0.717, 1.165) is 30.9 Å². The molecule has 3 N–H and O–H groups in total. The van der Waals surface area contributed by atoms with Crippen LogP contribution < -0.4 is 16.0 Å². The molecule has 8 nitrogen and oxygen atoms in total. The van der Waals surface area contributed by atoms with E-state index in [4.69, 9.17) is 5.73 Å². The van der Waals surface area contributed by atoms with Gasteiger partial charge in [-0.3, -0.25) is 9.20 Å². The Morgan fingerprint density at radius 3 is 3.29 bits per heavy atom. The zero-order valence-electron chi connectivity index (χ0n) is 11.8. The Hall–Kier alpha value is -2.22. The molecule has 1 saturated heterocycles. The maximum Gasteiger partial charge on any atom is 0.224 e. The summed E-state index contributed by atoms with van der Waals surface area (Å²) in [5.41, 5.74) is 6.14. The van der Waals surface area contributed by atoms with E-state index < -0.39 is 0 Å². The lowest BCUT2D eigenvalue weighted by Gasteiger charge is -2.32. The van der Waals surface area contributed by atoms with Gasteiger partial charge in [0.2, 0.25) is 11.6 Å². The number of rotatable bonds is 4. The first kappa shape index (κ1) is 13.7. The molecule has 2 aromatic heterocycles. The average molecular weight is 289 g/mol. The predicted octanol–water partition coefficient (Wildman–Crippen LogP) is -0.584. The summed E-state index contributed by atoms with van der Waals surface area (Å²) in [5, 5.41) is 10.9. The zero-order valence-corrected chi connectivity index (χ0v) is 11.8. The van der Waals surface area contributed by atoms with Crippen LogP contribution in [0, 0.1) is 5.92 Å². The molecule has 0 spiro atoms. The molecule has 1 aliphatic rings. The molecule has 0 radical (unpaired) electrons. The van der Waals surface area contributed by atoms with Crippen LogP contribution in [-0.4, -0.2) is 51.7 Å². The van der Waals surface area contributed by atoms with Crippen molar-refractivity contribution in [3.05, 3.63) is 18.7 Å². The standard InChI is InChI=1S/C13H19N7O/c14-3-4-16-13(21)10-2-1-6-19(8-10)11-12-18-17-9-20(12)7-5-15-11/h5,7,9-10H,1-4,6,8,14H2,(H,16,21). The van der Waals surface area contributed by atoms with Crippen LogP contribution >= 0.6 is 0 Å². The number of nitrogens with zero attached hydrogens (tertiary/aromatic N) is 5. The van der Waals surface area contributed by atoms with Crippen molar-refractivity contribution in [1.82, 2.24) is 24.9 Å². The molecule has 1 aliphatic heterocycles. The third-order valence-corrected chi connectivity index (χ3v) is 3.73. The summed E-state index contributed by atoms with van der Waals surface area (Å²) in [6, 6.07) is 0. The molecule has 21 heavy (non-hydrogen) atoms. The lowest BCUT2D eigenvalue weighted by Crippen LogP contribution is -2.44. The Morgan fingerprint density at radius 2 is 2.43 bits per heavy atom. The maximum atomic E-state index is 12.1. The van der Waals surface area contributed by atoms with Crippen molar-refractivity contribution in [3.8, 4) is 0 Å². The van der Waals surface area contributed by atoms with E-state index in [0.29, 0.717) is 19.6 Å². The predicted molar refractivity (Wildman–Crippen MR) is 77.8 cm³/mol. The summed E-state index contributed by atoms with van der Waals surface area (Å²) in [4.78, 5) is 18.6. The molecule has 1 amide bonds. The monoisotopic (exact) mass is 289 g/mol. The van der Waals surface area contributed by atoms with Gasteiger partial charge < -0.3 is 16.0 Å². The third kappa shape index (κ3) is 2.80. The van der Waals surface area contributed by atoms with Gasteiger partial charge in [-0.1, -0.05) is 0 Å². The van der Waals surface area contributed by atoms with Crippen LogP contribution in [0.2, 0.25) is 0 Å². The fourth-order valence-electron chi connectivity index (χ4n) is 2.69. The van der Waals surface area contributed by atoms with Gasteiger partial charge in [0.15, 0.2) is 5.82 Å². The number of piperidine rings is 1. The largest absolute Gasteiger partial charge is 0.355 e. The van der Waals surface area contributed by atoms with E-state index in [2.05, 4.69) is 25.4 Å². The summed E-state index contributed by atoms with van der Waals surface area (Å²) in [5.74, 6) is 0.820. The van der Waals surface area contributed by atoms with Crippen molar-refractivity contribution in [2.24, 2.45) is 11.7 Å². The number of carbonyl (C=O) groups excluding carboxylic acids is 1. The van der Waals surface area contributed by atoms with Crippen LogP contribution in [0.3, 0.4) is 0 Å². The Bertz CT molecular complexity index is 626. The van der Waals surface area contributed by atoms with Crippen molar-refractivity contribution in [2.75, 3.05) is 31.1 Å². The minimum Gasteiger partial charge on any atom is -0.355 e. The number of hydrogen-bond donors (Lipinski definition) is 2. The van der Waals surface area contributed by atoms with Crippen molar-refractivity contribution in [3.63, 3.8) is 0 Å². The number of nitrogens with one attached hydrogen (secondary N) is 1. The summed E-state index contributed by atoms with van der Waals surface area (Å²) < 4.78 is 1.83.